The number of nitrogens with two attached hydrogens (primary N) is 2. The van der Waals surface area contributed by atoms with Crippen molar-refractivity contribution in [2.24, 2.45) is 5.73 Å². The summed E-state index contributed by atoms with van der Waals surface area (Å²) >= 11 is 6.25. The molecule has 24 heavy (non-hydrogen) atoms. The second-order valence-corrected chi connectivity index (χ2v) is 5.70. The maximum atomic E-state index is 11.9. The van der Waals surface area contributed by atoms with Crippen molar-refractivity contribution in [3.63, 3.8) is 0 Å². The first-order chi connectivity index (χ1) is 11.4. The molecule has 1 heterocycles. The lowest BCUT2D eigenvalue weighted by atomic mass is 10.1. The molecule has 1 aromatic heterocycles. The number of phenols is 1. The molecule has 0 saturated heterocycles. The van der Waals surface area contributed by atoms with Crippen LogP contribution in [-0.4, -0.2) is 20.8 Å². The third-order valence-corrected chi connectivity index (χ3v) is 4.08. The third kappa shape index (κ3) is 2.47. The first kappa shape index (κ1) is 15.9. The zero-order valence-electron chi connectivity index (χ0n) is 12.8. The Labute approximate surface area is 143 Å². The zero-order valence-corrected chi connectivity index (χ0v) is 13.6. The van der Waals surface area contributed by atoms with Gasteiger partial charge in [-0.15, -0.1) is 0 Å². The summed E-state index contributed by atoms with van der Waals surface area (Å²) in [4.78, 5) is 11.9. The Bertz CT molecular complexity index is 936. The number of aromatic hydroxyl groups is 1. The van der Waals surface area contributed by atoms with Crippen LogP contribution in [0.2, 0.25) is 5.02 Å². The number of nitrogens with zero attached hydrogens (tertiary/aromatic N) is 2. The van der Waals surface area contributed by atoms with Crippen molar-refractivity contribution >= 4 is 23.3 Å². The summed E-state index contributed by atoms with van der Waals surface area (Å²) < 4.78 is 1.33. The maximum absolute atomic E-state index is 11.9. The highest BCUT2D eigenvalue weighted by atomic mass is 35.5. The Morgan fingerprint density at radius 2 is 1.88 bits per heavy atom. The van der Waals surface area contributed by atoms with E-state index in [1.165, 1.54) is 16.8 Å². The summed E-state index contributed by atoms with van der Waals surface area (Å²) in [6.45, 7) is 1.68. The monoisotopic (exact) mass is 342 g/mol. The Morgan fingerprint density at radius 3 is 2.50 bits per heavy atom. The molecular formula is C17H15ClN4O2. The van der Waals surface area contributed by atoms with Gasteiger partial charge in [-0.1, -0.05) is 41.9 Å². The Kier molecular flexibility index (Phi) is 3.91. The van der Waals surface area contributed by atoms with Crippen LogP contribution in [0.5, 0.6) is 5.75 Å². The second kappa shape index (κ2) is 5.90. The van der Waals surface area contributed by atoms with Gasteiger partial charge in [-0.05, 0) is 19.1 Å². The number of rotatable bonds is 3. The highest BCUT2D eigenvalue weighted by Gasteiger charge is 2.24. The smallest absolute Gasteiger partial charge is 0.254 e. The van der Waals surface area contributed by atoms with Crippen LogP contribution in [-0.2, 0) is 0 Å². The van der Waals surface area contributed by atoms with Gasteiger partial charge in [-0.2, -0.15) is 5.10 Å². The topological polar surface area (TPSA) is 107 Å². The van der Waals surface area contributed by atoms with Crippen molar-refractivity contribution < 1.29 is 9.90 Å². The van der Waals surface area contributed by atoms with E-state index in [1.807, 2.05) is 18.2 Å². The third-order valence-electron chi connectivity index (χ3n) is 3.78. The van der Waals surface area contributed by atoms with Crippen LogP contribution < -0.4 is 11.5 Å². The second-order valence-electron chi connectivity index (χ2n) is 5.29. The van der Waals surface area contributed by atoms with Gasteiger partial charge in [0.2, 0.25) is 0 Å². The number of benzene rings is 2. The minimum Gasteiger partial charge on any atom is -0.508 e. The van der Waals surface area contributed by atoms with E-state index < -0.39 is 5.91 Å². The summed E-state index contributed by atoms with van der Waals surface area (Å²) in [7, 11) is 0. The molecule has 122 valence electrons. The lowest BCUT2D eigenvalue weighted by molar-refractivity contribution is 0.100. The molecule has 6 nitrogen and oxygen atoms in total. The van der Waals surface area contributed by atoms with Gasteiger partial charge in [0.1, 0.15) is 22.8 Å². The Morgan fingerprint density at radius 1 is 1.21 bits per heavy atom. The van der Waals surface area contributed by atoms with Crippen molar-refractivity contribution in [2.75, 3.05) is 5.73 Å². The number of carbonyl (C=O) groups excluding carboxylic acids is 1. The van der Waals surface area contributed by atoms with Crippen LogP contribution in [0, 0.1) is 6.92 Å². The van der Waals surface area contributed by atoms with Gasteiger partial charge in [0.05, 0.1) is 10.7 Å². The van der Waals surface area contributed by atoms with E-state index in [4.69, 9.17) is 23.1 Å². The molecule has 0 bridgehead atoms. The van der Waals surface area contributed by atoms with Gasteiger partial charge in [0.25, 0.3) is 5.91 Å². The fourth-order valence-electron chi connectivity index (χ4n) is 2.56. The molecule has 1 amide bonds. The van der Waals surface area contributed by atoms with Crippen LogP contribution in [0.1, 0.15) is 15.9 Å². The van der Waals surface area contributed by atoms with E-state index in [9.17, 15) is 9.90 Å². The van der Waals surface area contributed by atoms with Gasteiger partial charge in [-0.3, -0.25) is 4.79 Å². The molecule has 5 N–H and O–H groups in total. The number of anilines is 1. The molecule has 0 saturated carbocycles. The molecule has 0 radical (unpaired) electrons. The molecular weight excluding hydrogens is 328 g/mol. The molecule has 0 atom stereocenters. The minimum atomic E-state index is -0.688. The maximum Gasteiger partial charge on any atom is 0.254 e. The van der Waals surface area contributed by atoms with Crippen LogP contribution in [0.15, 0.2) is 42.5 Å². The molecule has 2 aromatic carbocycles. The summed E-state index contributed by atoms with van der Waals surface area (Å²) in [5, 5.41) is 14.7. The lowest BCUT2D eigenvalue weighted by Gasteiger charge is -2.11. The summed E-state index contributed by atoms with van der Waals surface area (Å²) in [5.41, 5.74) is 13.7. The van der Waals surface area contributed by atoms with Crippen LogP contribution in [0.3, 0.4) is 0 Å². The molecule has 0 spiro atoms. The van der Waals surface area contributed by atoms with Crippen molar-refractivity contribution in [3.8, 4) is 22.7 Å². The van der Waals surface area contributed by atoms with Gasteiger partial charge >= 0.3 is 0 Å². The Hall–Kier alpha value is -2.99. The average molecular weight is 343 g/mol. The predicted octanol–water partition coefficient (Wildman–Crippen LogP) is 2.89. The summed E-state index contributed by atoms with van der Waals surface area (Å²) in [5.74, 6) is -0.574. The lowest BCUT2D eigenvalue weighted by Crippen LogP contribution is -2.14. The average Bonchev–Trinajstić information content (AvgIpc) is 2.90. The quantitative estimate of drug-likeness (QED) is 0.680. The zero-order chi connectivity index (χ0) is 17.4. The number of hydrogen-bond donors (Lipinski definition) is 3. The summed E-state index contributed by atoms with van der Waals surface area (Å²) in [6.07, 6.45) is 0. The number of carbonyl (C=O) groups is 1. The van der Waals surface area contributed by atoms with Crippen molar-refractivity contribution in [3.05, 3.63) is 58.6 Å². The van der Waals surface area contributed by atoms with Crippen molar-refractivity contribution in [1.82, 2.24) is 9.78 Å². The van der Waals surface area contributed by atoms with E-state index in [0.29, 0.717) is 27.5 Å². The van der Waals surface area contributed by atoms with E-state index in [1.54, 1.807) is 19.1 Å². The van der Waals surface area contributed by atoms with Gasteiger partial charge in [-0.25, -0.2) is 4.68 Å². The molecule has 3 aromatic rings. The highest BCUT2D eigenvalue weighted by Crippen LogP contribution is 2.35. The molecule has 3 rings (SSSR count). The van der Waals surface area contributed by atoms with Crippen molar-refractivity contribution in [2.45, 2.75) is 6.92 Å². The Balaban J connectivity index is 2.33. The number of halogens is 1. The number of nitrogen functional groups attached to an aromatic ring is 1. The fourth-order valence-corrected chi connectivity index (χ4v) is 2.84. The number of primary amides is 1. The molecule has 0 aliphatic rings. The first-order valence-electron chi connectivity index (χ1n) is 7.14. The molecule has 0 aliphatic heterocycles. The number of phenolic OH excluding ortho intramolecular Hbond substituents is 1. The number of amides is 1. The van der Waals surface area contributed by atoms with E-state index in [2.05, 4.69) is 5.10 Å². The first-order valence-corrected chi connectivity index (χ1v) is 7.51. The molecule has 0 fully saturated rings. The number of hydrogen-bond acceptors (Lipinski definition) is 4. The molecule has 0 aliphatic carbocycles. The van der Waals surface area contributed by atoms with Crippen LogP contribution in [0.4, 0.5) is 5.82 Å². The predicted molar refractivity (Wildman–Crippen MR) is 93.3 cm³/mol. The largest absolute Gasteiger partial charge is 0.508 e. The van der Waals surface area contributed by atoms with Crippen LogP contribution >= 0.6 is 11.6 Å². The van der Waals surface area contributed by atoms with Crippen molar-refractivity contribution in [1.29, 1.82) is 0 Å². The summed E-state index contributed by atoms with van der Waals surface area (Å²) in [6, 6.07) is 12.1. The SMILES string of the molecule is Cc1c(O)ccc(Cl)c1-n1nc(-c2ccccc2)c(C(N)=O)c1N. The standard InChI is InChI=1S/C17H15ClN4O2/c1-9-12(23)8-7-11(18)15(9)22-16(19)13(17(20)24)14(21-22)10-5-3-2-4-6-10/h2-8,23H,19H2,1H3,(H2,20,24). The molecule has 0 unspecified atom stereocenters. The van der Waals surface area contributed by atoms with Crippen LogP contribution in [0.25, 0.3) is 16.9 Å². The van der Waals surface area contributed by atoms with E-state index in [0.717, 1.165) is 0 Å². The number of aromatic nitrogens is 2. The fraction of sp³-hybridized carbons (Fsp3) is 0.0588. The minimum absolute atomic E-state index is 0.0474. The molecule has 7 heteroatoms. The van der Waals surface area contributed by atoms with E-state index >= 15 is 0 Å². The highest BCUT2D eigenvalue weighted by molar-refractivity contribution is 6.32. The van der Waals surface area contributed by atoms with Gasteiger partial charge in [0, 0.05) is 11.1 Å². The van der Waals surface area contributed by atoms with Gasteiger partial charge in [0.15, 0.2) is 0 Å². The van der Waals surface area contributed by atoms with E-state index in [-0.39, 0.29) is 17.1 Å². The normalized spacial score (nSPS) is 10.8. The van der Waals surface area contributed by atoms with Gasteiger partial charge < -0.3 is 16.6 Å².